The van der Waals surface area contributed by atoms with Crippen molar-refractivity contribution in [1.29, 1.82) is 0 Å². The molecule has 0 aliphatic carbocycles. The molecule has 0 fully saturated rings. The van der Waals surface area contributed by atoms with Crippen LogP contribution in [0.4, 0.5) is 5.95 Å². The first kappa shape index (κ1) is 15.0. The summed E-state index contributed by atoms with van der Waals surface area (Å²) in [5.74, 6) is 0.101. The first-order valence-electron chi connectivity index (χ1n) is 7.12. The van der Waals surface area contributed by atoms with Gasteiger partial charge in [0.05, 0.1) is 12.1 Å². The summed E-state index contributed by atoms with van der Waals surface area (Å²) in [6.07, 6.45) is 0. The number of anilines is 1. The van der Waals surface area contributed by atoms with E-state index in [1.54, 1.807) is 18.2 Å². The Kier molecular flexibility index (Phi) is 3.44. The average molecular weight is 360 g/mol. The second-order valence-electron chi connectivity index (χ2n) is 5.36. The summed E-state index contributed by atoms with van der Waals surface area (Å²) in [5, 5.41) is 6.17. The molecule has 2 aromatic heterocycles. The first-order valence-corrected chi connectivity index (χ1v) is 7.87. The van der Waals surface area contributed by atoms with Gasteiger partial charge in [0.1, 0.15) is 0 Å². The molecular formula is C16H11Cl2N5O. The van der Waals surface area contributed by atoms with Crippen LogP contribution in [-0.2, 0) is 6.54 Å². The molecule has 0 saturated carbocycles. The van der Waals surface area contributed by atoms with Gasteiger partial charge in [-0.25, -0.2) is 18.9 Å². The third kappa shape index (κ3) is 2.40. The second-order valence-corrected chi connectivity index (χ2v) is 6.24. The zero-order valence-corrected chi connectivity index (χ0v) is 13.8. The molecule has 6 nitrogen and oxygen atoms in total. The molecule has 8 heteroatoms. The van der Waals surface area contributed by atoms with Crippen molar-refractivity contribution in [3.05, 3.63) is 68.6 Å². The zero-order valence-electron chi connectivity index (χ0n) is 12.3. The number of hydrogen-bond donors (Lipinski definition) is 1. The number of benzene rings is 2. The molecule has 0 bridgehead atoms. The van der Waals surface area contributed by atoms with Crippen LogP contribution in [0.25, 0.3) is 16.6 Å². The van der Waals surface area contributed by atoms with Crippen molar-refractivity contribution in [1.82, 2.24) is 19.2 Å². The van der Waals surface area contributed by atoms with Crippen LogP contribution in [0, 0.1) is 0 Å². The maximum Gasteiger partial charge on any atom is 0.353 e. The van der Waals surface area contributed by atoms with E-state index in [4.69, 9.17) is 28.9 Å². The summed E-state index contributed by atoms with van der Waals surface area (Å²) in [7, 11) is 0. The molecule has 0 radical (unpaired) electrons. The highest BCUT2D eigenvalue weighted by molar-refractivity contribution is 6.34. The first-order chi connectivity index (χ1) is 11.5. The lowest BCUT2D eigenvalue weighted by Crippen LogP contribution is -2.23. The van der Waals surface area contributed by atoms with E-state index in [-0.39, 0.29) is 18.2 Å². The third-order valence-electron chi connectivity index (χ3n) is 3.70. The van der Waals surface area contributed by atoms with Gasteiger partial charge in [0, 0.05) is 15.4 Å². The SMILES string of the molecule is Nc1nc2ccccc2c2nn(Cc3cc(Cl)cc(Cl)c3)c(=O)n12. The van der Waals surface area contributed by atoms with Gasteiger partial charge in [-0.3, -0.25) is 0 Å². The predicted octanol–water partition coefficient (Wildman–Crippen LogP) is 2.98. The van der Waals surface area contributed by atoms with E-state index in [1.807, 2.05) is 24.3 Å². The number of rotatable bonds is 2. The fourth-order valence-corrected chi connectivity index (χ4v) is 3.27. The van der Waals surface area contributed by atoms with Gasteiger partial charge in [0.15, 0.2) is 5.65 Å². The van der Waals surface area contributed by atoms with Gasteiger partial charge in [-0.15, -0.1) is 5.10 Å². The van der Waals surface area contributed by atoms with Gasteiger partial charge in [-0.05, 0) is 35.9 Å². The van der Waals surface area contributed by atoms with Crippen LogP contribution in [0.3, 0.4) is 0 Å². The second kappa shape index (κ2) is 5.51. The number of hydrogen-bond acceptors (Lipinski definition) is 4. The molecule has 2 heterocycles. The quantitative estimate of drug-likeness (QED) is 0.596. The number of aromatic nitrogens is 4. The van der Waals surface area contributed by atoms with E-state index < -0.39 is 0 Å². The number of fused-ring (bicyclic) bond motifs is 3. The van der Waals surface area contributed by atoms with Crippen LogP contribution in [0.5, 0.6) is 0 Å². The standard InChI is InChI=1S/C16H11Cl2N5O/c17-10-5-9(6-11(18)7-10)8-22-16(24)23-14(21-22)12-3-1-2-4-13(12)20-15(23)19/h1-7H,8H2,(H2,19,20). The normalized spacial score (nSPS) is 11.4. The fourth-order valence-electron chi connectivity index (χ4n) is 2.70. The summed E-state index contributed by atoms with van der Waals surface area (Å²) in [6, 6.07) is 12.5. The Balaban J connectivity index is 1.94. The van der Waals surface area contributed by atoms with Crippen molar-refractivity contribution in [2.24, 2.45) is 0 Å². The van der Waals surface area contributed by atoms with Crippen LogP contribution in [0.2, 0.25) is 10.0 Å². The average Bonchev–Trinajstić information content (AvgIpc) is 2.84. The maximum atomic E-state index is 12.6. The number of nitrogens with two attached hydrogens (primary N) is 1. The number of nitrogens with zero attached hydrogens (tertiary/aromatic N) is 4. The van der Waals surface area contributed by atoms with E-state index in [1.165, 1.54) is 9.08 Å². The lowest BCUT2D eigenvalue weighted by molar-refractivity contribution is 0.659. The van der Waals surface area contributed by atoms with Crippen molar-refractivity contribution < 1.29 is 0 Å². The van der Waals surface area contributed by atoms with Gasteiger partial charge in [0.2, 0.25) is 5.95 Å². The maximum absolute atomic E-state index is 12.6. The van der Waals surface area contributed by atoms with Crippen LogP contribution in [0.15, 0.2) is 47.3 Å². The molecule has 2 aromatic carbocycles. The molecule has 0 atom stereocenters. The Morgan fingerprint density at radius 3 is 2.54 bits per heavy atom. The molecule has 0 aliphatic rings. The van der Waals surface area contributed by atoms with Gasteiger partial charge in [-0.1, -0.05) is 35.3 Å². The smallest absolute Gasteiger partial charge is 0.353 e. The van der Waals surface area contributed by atoms with Gasteiger partial charge < -0.3 is 5.73 Å². The molecule has 0 saturated heterocycles. The van der Waals surface area contributed by atoms with Crippen molar-refractivity contribution in [2.75, 3.05) is 5.73 Å². The van der Waals surface area contributed by atoms with Crippen LogP contribution in [0.1, 0.15) is 5.56 Å². The monoisotopic (exact) mass is 359 g/mol. The van der Waals surface area contributed by atoms with E-state index in [0.29, 0.717) is 21.2 Å². The van der Waals surface area contributed by atoms with Crippen molar-refractivity contribution in [3.8, 4) is 0 Å². The molecule has 0 amide bonds. The van der Waals surface area contributed by atoms with Crippen LogP contribution in [-0.4, -0.2) is 19.2 Å². The Labute approximate surface area is 146 Å². The van der Waals surface area contributed by atoms with E-state index in [0.717, 1.165) is 10.9 Å². The number of halogens is 2. The fraction of sp³-hybridized carbons (Fsp3) is 0.0625. The molecule has 2 N–H and O–H groups in total. The molecular weight excluding hydrogens is 349 g/mol. The highest BCUT2D eigenvalue weighted by atomic mass is 35.5. The zero-order chi connectivity index (χ0) is 16.8. The largest absolute Gasteiger partial charge is 0.369 e. The Bertz CT molecular complexity index is 1130. The summed E-state index contributed by atoms with van der Waals surface area (Å²) in [4.78, 5) is 16.9. The van der Waals surface area contributed by atoms with Crippen molar-refractivity contribution >= 4 is 45.7 Å². The number of para-hydroxylation sites is 1. The van der Waals surface area contributed by atoms with Gasteiger partial charge in [-0.2, -0.15) is 0 Å². The van der Waals surface area contributed by atoms with E-state index >= 15 is 0 Å². The molecule has 0 spiro atoms. The van der Waals surface area contributed by atoms with Crippen molar-refractivity contribution in [3.63, 3.8) is 0 Å². The minimum Gasteiger partial charge on any atom is -0.369 e. The Morgan fingerprint density at radius 1 is 1.08 bits per heavy atom. The topological polar surface area (TPSA) is 78.2 Å². The van der Waals surface area contributed by atoms with Gasteiger partial charge >= 0.3 is 5.69 Å². The van der Waals surface area contributed by atoms with E-state index in [2.05, 4.69) is 10.1 Å². The van der Waals surface area contributed by atoms with Crippen LogP contribution >= 0.6 is 23.2 Å². The van der Waals surface area contributed by atoms with Gasteiger partial charge in [0.25, 0.3) is 0 Å². The molecule has 24 heavy (non-hydrogen) atoms. The minimum atomic E-state index is -0.364. The summed E-state index contributed by atoms with van der Waals surface area (Å²) < 4.78 is 2.62. The molecule has 4 rings (SSSR count). The molecule has 4 aromatic rings. The Morgan fingerprint density at radius 2 is 1.79 bits per heavy atom. The lowest BCUT2D eigenvalue weighted by atomic mass is 10.2. The third-order valence-corrected chi connectivity index (χ3v) is 4.14. The van der Waals surface area contributed by atoms with Crippen molar-refractivity contribution in [2.45, 2.75) is 6.54 Å². The highest BCUT2D eigenvalue weighted by Crippen LogP contribution is 2.20. The molecule has 0 unspecified atom stereocenters. The lowest BCUT2D eigenvalue weighted by Gasteiger charge is -2.02. The minimum absolute atomic E-state index is 0.101. The molecule has 0 aliphatic heterocycles. The predicted molar refractivity (Wildman–Crippen MR) is 94.7 cm³/mol. The molecule has 120 valence electrons. The summed E-state index contributed by atoms with van der Waals surface area (Å²) in [5.41, 5.74) is 7.50. The van der Waals surface area contributed by atoms with E-state index in [9.17, 15) is 4.79 Å². The Hall–Kier alpha value is -2.57. The number of nitrogen functional groups attached to an aromatic ring is 1. The summed E-state index contributed by atoms with van der Waals surface area (Å²) >= 11 is 12.0. The highest BCUT2D eigenvalue weighted by Gasteiger charge is 2.14. The van der Waals surface area contributed by atoms with Crippen LogP contribution < -0.4 is 11.4 Å². The summed E-state index contributed by atoms with van der Waals surface area (Å²) in [6.45, 7) is 0.231.